The van der Waals surface area contributed by atoms with E-state index in [1.807, 2.05) is 28.0 Å². The minimum absolute atomic E-state index is 0.0541. The molecule has 0 aliphatic heterocycles. The first-order chi connectivity index (χ1) is 22.7. The Morgan fingerprint density at radius 3 is 2.57 bits per heavy atom. The third-order valence-corrected chi connectivity index (χ3v) is 11.7. The number of nitrogens with zero attached hydrogens (tertiary/aromatic N) is 4. The molecule has 1 aromatic carbocycles. The van der Waals surface area contributed by atoms with Crippen LogP contribution in [0.2, 0.25) is 0 Å². The number of hydrogen-bond donors (Lipinski definition) is 1. The predicted octanol–water partition coefficient (Wildman–Crippen LogP) is 8.39. The van der Waals surface area contributed by atoms with Crippen molar-refractivity contribution in [3.8, 4) is 16.9 Å². The number of pyridine rings is 1. The Kier molecular flexibility index (Phi) is 10.0. The molecule has 6 rings (SSSR count). The van der Waals surface area contributed by atoms with Crippen molar-refractivity contribution in [3.05, 3.63) is 60.0 Å². The van der Waals surface area contributed by atoms with Gasteiger partial charge in [0.15, 0.2) is 0 Å². The third kappa shape index (κ3) is 7.26. The number of aromatic nitrogens is 3. The molecule has 2 heterocycles. The zero-order chi connectivity index (χ0) is 33.1. The smallest absolute Gasteiger partial charge is 0.303 e. The van der Waals surface area contributed by atoms with Gasteiger partial charge in [-0.2, -0.15) is 5.10 Å². The van der Waals surface area contributed by atoms with Crippen LogP contribution in [0, 0.1) is 30.6 Å². The largest absolute Gasteiger partial charge is 0.496 e. The number of fused-ring (bicyclic) bond motifs is 2. The molecule has 1 N–H and O–H groups in total. The van der Waals surface area contributed by atoms with Gasteiger partial charge in [-0.05, 0) is 137 Å². The third-order valence-electron chi connectivity index (χ3n) is 11.7. The number of hydrogen-bond acceptors (Lipinski definition) is 5. The maximum absolute atomic E-state index is 14.5. The van der Waals surface area contributed by atoms with E-state index in [0.717, 1.165) is 61.2 Å². The summed E-state index contributed by atoms with van der Waals surface area (Å²) in [5.41, 5.74) is 4.89. The molecule has 252 valence electrons. The number of anilines is 1. The van der Waals surface area contributed by atoms with E-state index in [4.69, 9.17) is 9.72 Å². The number of carbonyl (C=O) groups is 2. The fourth-order valence-corrected chi connectivity index (χ4v) is 8.88. The van der Waals surface area contributed by atoms with Gasteiger partial charge in [-0.15, -0.1) is 0 Å². The van der Waals surface area contributed by atoms with Gasteiger partial charge < -0.3 is 9.84 Å². The first-order valence-electron chi connectivity index (χ1n) is 17.8. The van der Waals surface area contributed by atoms with Crippen molar-refractivity contribution in [2.24, 2.45) is 23.7 Å². The summed E-state index contributed by atoms with van der Waals surface area (Å²) in [4.78, 5) is 32.5. The molecule has 3 fully saturated rings. The Morgan fingerprint density at radius 2 is 1.87 bits per heavy atom. The van der Waals surface area contributed by atoms with Crippen LogP contribution >= 0.6 is 0 Å². The SMILES string of the molecule is COc1ccc(C23CCCC(C2)C(CN(c2cc(-c4cnn(C(C)C)c4)ccn2)C(=O)[C@H]2CC[C@H](CCC(=O)O)CC2)CC3)cc1C. The summed E-state index contributed by atoms with van der Waals surface area (Å²) in [5, 5.41) is 13.7. The number of benzene rings is 1. The van der Waals surface area contributed by atoms with Gasteiger partial charge in [0.2, 0.25) is 5.91 Å². The fraction of sp³-hybridized carbons (Fsp3) is 0.590. The van der Waals surface area contributed by atoms with E-state index in [9.17, 15) is 14.7 Å². The Hall–Kier alpha value is -3.68. The maximum atomic E-state index is 14.5. The van der Waals surface area contributed by atoms with E-state index in [2.05, 4.69) is 56.3 Å². The summed E-state index contributed by atoms with van der Waals surface area (Å²) in [7, 11) is 1.74. The van der Waals surface area contributed by atoms with Crippen LogP contribution in [0.25, 0.3) is 11.1 Å². The molecule has 8 nitrogen and oxygen atoms in total. The second kappa shape index (κ2) is 14.2. The van der Waals surface area contributed by atoms with Crippen LogP contribution in [-0.2, 0) is 15.0 Å². The summed E-state index contributed by atoms with van der Waals surface area (Å²) in [5.74, 6) is 2.45. The average Bonchev–Trinajstić information content (AvgIpc) is 3.58. The summed E-state index contributed by atoms with van der Waals surface area (Å²) >= 11 is 0. The molecule has 2 bridgehead atoms. The first kappa shape index (κ1) is 33.2. The van der Waals surface area contributed by atoms with Crippen molar-refractivity contribution in [2.75, 3.05) is 18.6 Å². The number of rotatable bonds is 11. The van der Waals surface area contributed by atoms with Gasteiger partial charge in [0.05, 0.1) is 13.3 Å². The Labute approximate surface area is 279 Å². The summed E-state index contributed by atoms with van der Waals surface area (Å²) in [6.45, 7) is 7.07. The highest BCUT2D eigenvalue weighted by atomic mass is 16.5. The second-order valence-electron chi connectivity index (χ2n) is 14.9. The molecule has 0 spiro atoms. The summed E-state index contributed by atoms with van der Waals surface area (Å²) < 4.78 is 7.53. The molecule has 3 aromatic rings. The van der Waals surface area contributed by atoms with Gasteiger partial charge in [0.1, 0.15) is 11.6 Å². The quantitative estimate of drug-likeness (QED) is 0.226. The molecule has 3 unspecified atom stereocenters. The molecule has 3 atom stereocenters. The molecule has 3 aliphatic rings. The van der Waals surface area contributed by atoms with E-state index < -0.39 is 5.97 Å². The number of carboxylic acid groups (broad SMARTS) is 1. The number of amides is 1. The average molecular weight is 641 g/mol. The molecule has 2 aromatic heterocycles. The van der Waals surface area contributed by atoms with Crippen molar-refractivity contribution in [2.45, 2.75) is 109 Å². The van der Waals surface area contributed by atoms with E-state index in [0.29, 0.717) is 30.7 Å². The van der Waals surface area contributed by atoms with Crippen molar-refractivity contribution in [1.82, 2.24) is 14.8 Å². The van der Waals surface area contributed by atoms with Crippen LogP contribution in [0.5, 0.6) is 5.75 Å². The molecule has 3 aliphatic carbocycles. The highest BCUT2D eigenvalue weighted by Crippen LogP contribution is 2.53. The number of aliphatic carboxylic acids is 1. The van der Waals surface area contributed by atoms with Gasteiger partial charge in [0, 0.05) is 42.9 Å². The normalized spacial score (nSPS) is 25.8. The highest BCUT2D eigenvalue weighted by Gasteiger charge is 2.45. The topological polar surface area (TPSA) is 97.5 Å². The minimum atomic E-state index is -0.736. The van der Waals surface area contributed by atoms with Gasteiger partial charge in [-0.1, -0.05) is 25.0 Å². The molecular weight excluding hydrogens is 588 g/mol. The van der Waals surface area contributed by atoms with Crippen LogP contribution in [0.1, 0.15) is 108 Å². The van der Waals surface area contributed by atoms with Crippen molar-refractivity contribution in [1.29, 1.82) is 0 Å². The molecule has 1 amide bonds. The van der Waals surface area contributed by atoms with Gasteiger partial charge >= 0.3 is 5.97 Å². The van der Waals surface area contributed by atoms with Crippen molar-refractivity contribution in [3.63, 3.8) is 0 Å². The molecular formula is C39H52N4O4. The van der Waals surface area contributed by atoms with Crippen molar-refractivity contribution < 1.29 is 19.4 Å². The van der Waals surface area contributed by atoms with E-state index in [-0.39, 0.29) is 29.7 Å². The highest BCUT2D eigenvalue weighted by molar-refractivity contribution is 5.94. The maximum Gasteiger partial charge on any atom is 0.303 e. The number of carboxylic acids is 1. The Bertz CT molecular complexity index is 1560. The Morgan fingerprint density at radius 1 is 1.06 bits per heavy atom. The van der Waals surface area contributed by atoms with Crippen molar-refractivity contribution >= 4 is 17.7 Å². The predicted molar refractivity (Wildman–Crippen MR) is 185 cm³/mol. The minimum Gasteiger partial charge on any atom is -0.496 e. The molecule has 0 radical (unpaired) electrons. The van der Waals surface area contributed by atoms with Crippen LogP contribution in [0.15, 0.2) is 48.9 Å². The van der Waals surface area contributed by atoms with Crippen LogP contribution in [0.4, 0.5) is 5.82 Å². The van der Waals surface area contributed by atoms with E-state index >= 15 is 0 Å². The standard InChI is InChI=1S/C39H52N4O4/c1-26(2)43-25-33(23-41-43)30-16-19-40-36(21-30)42(38(46)29-10-7-28(8-11-29)9-14-37(44)45)24-32-15-18-39(17-5-6-31(32)22-39)34-12-13-35(47-4)27(3)20-34/h12-13,16,19-21,23,25-26,28-29,31-32H,5-11,14-15,17-18,22,24H2,1-4H3,(H,44,45)/t28-,29-,31?,32?,39?. The lowest BCUT2D eigenvalue weighted by molar-refractivity contribution is -0.137. The summed E-state index contributed by atoms with van der Waals surface area (Å²) in [6, 6.07) is 11.1. The number of aryl methyl sites for hydroxylation is 1. The van der Waals surface area contributed by atoms with E-state index in [1.165, 1.54) is 36.8 Å². The fourth-order valence-electron chi connectivity index (χ4n) is 8.88. The molecule has 47 heavy (non-hydrogen) atoms. The van der Waals surface area contributed by atoms with E-state index in [1.54, 1.807) is 7.11 Å². The van der Waals surface area contributed by atoms with Gasteiger partial charge in [-0.3, -0.25) is 19.2 Å². The van der Waals surface area contributed by atoms with Gasteiger partial charge in [0.25, 0.3) is 0 Å². The summed E-state index contributed by atoms with van der Waals surface area (Å²) in [6.07, 6.45) is 17.2. The van der Waals surface area contributed by atoms with Crippen LogP contribution in [0.3, 0.4) is 0 Å². The molecule has 8 heteroatoms. The number of carbonyl (C=O) groups excluding carboxylic acids is 1. The lowest BCUT2D eigenvalue weighted by Crippen LogP contribution is -2.47. The first-order valence-corrected chi connectivity index (χ1v) is 17.8. The van der Waals surface area contributed by atoms with Crippen LogP contribution in [-0.4, -0.2) is 45.4 Å². The molecule has 0 saturated heterocycles. The lowest BCUT2D eigenvalue weighted by atomic mass is 9.56. The van der Waals surface area contributed by atoms with Crippen LogP contribution < -0.4 is 9.64 Å². The zero-order valence-electron chi connectivity index (χ0n) is 28.7. The van der Waals surface area contributed by atoms with Gasteiger partial charge in [-0.25, -0.2) is 4.98 Å². The zero-order valence-corrected chi connectivity index (χ0v) is 28.7. The molecule has 3 saturated carbocycles. The second-order valence-corrected chi connectivity index (χ2v) is 14.9. The Balaban J connectivity index is 1.24. The lowest BCUT2D eigenvalue weighted by Gasteiger charge is -2.50. The number of ether oxygens (including phenoxy) is 1. The number of methoxy groups -OCH3 is 1. The monoisotopic (exact) mass is 640 g/mol.